The predicted octanol–water partition coefficient (Wildman–Crippen LogP) is 4.99. The molecule has 1 saturated carbocycles. The molecule has 4 rings (SSSR count). The monoisotopic (exact) mass is 376 g/mol. The number of H-pyrrole nitrogens is 1. The van der Waals surface area contributed by atoms with E-state index in [-0.39, 0.29) is 11.5 Å². The standard InChI is InChI=1S/C20H16F4N2O/c1-11-10-19(11,14-3-2-4-17-13(14)7-8-25-17)26-18(27)12-5-6-16(21)15(9-12)20(22,23)24/h2-9,11,25H,10H2,1H3,(H,26,27). The van der Waals surface area contributed by atoms with Gasteiger partial charge in [0.15, 0.2) is 0 Å². The van der Waals surface area contributed by atoms with Crippen molar-refractivity contribution >= 4 is 16.8 Å². The molecule has 140 valence electrons. The third-order valence-electron chi connectivity index (χ3n) is 5.26. The van der Waals surface area contributed by atoms with Crippen molar-refractivity contribution in [2.45, 2.75) is 25.1 Å². The minimum absolute atomic E-state index is 0.129. The van der Waals surface area contributed by atoms with Crippen LogP contribution in [0.25, 0.3) is 10.9 Å². The summed E-state index contributed by atoms with van der Waals surface area (Å²) in [5, 5.41) is 3.84. The topological polar surface area (TPSA) is 44.9 Å². The zero-order chi connectivity index (χ0) is 19.4. The number of nitrogens with one attached hydrogen (secondary N) is 2. The van der Waals surface area contributed by atoms with Gasteiger partial charge in [-0.15, -0.1) is 0 Å². The number of carbonyl (C=O) groups excluding carboxylic acids is 1. The fraction of sp³-hybridized carbons (Fsp3) is 0.250. The van der Waals surface area contributed by atoms with Crippen LogP contribution >= 0.6 is 0 Å². The van der Waals surface area contributed by atoms with Crippen LogP contribution < -0.4 is 5.32 Å². The van der Waals surface area contributed by atoms with Crippen molar-refractivity contribution in [3.8, 4) is 0 Å². The van der Waals surface area contributed by atoms with Gasteiger partial charge in [0.05, 0.1) is 11.1 Å². The van der Waals surface area contributed by atoms with Gasteiger partial charge in [-0.25, -0.2) is 4.39 Å². The van der Waals surface area contributed by atoms with E-state index in [2.05, 4.69) is 10.3 Å². The fourth-order valence-electron chi connectivity index (χ4n) is 3.67. The van der Waals surface area contributed by atoms with Crippen LogP contribution in [0.2, 0.25) is 0 Å². The van der Waals surface area contributed by atoms with Gasteiger partial charge < -0.3 is 10.3 Å². The highest BCUT2D eigenvalue weighted by Crippen LogP contribution is 2.53. The lowest BCUT2D eigenvalue weighted by Gasteiger charge is -2.21. The van der Waals surface area contributed by atoms with Crippen LogP contribution in [0.3, 0.4) is 0 Å². The maximum atomic E-state index is 13.5. The molecular weight excluding hydrogens is 360 g/mol. The van der Waals surface area contributed by atoms with E-state index >= 15 is 0 Å². The predicted molar refractivity (Wildman–Crippen MR) is 92.6 cm³/mol. The fourth-order valence-corrected chi connectivity index (χ4v) is 3.67. The first kappa shape index (κ1) is 17.6. The average molecular weight is 376 g/mol. The number of fused-ring (bicyclic) bond motifs is 1. The first-order chi connectivity index (χ1) is 12.7. The van der Waals surface area contributed by atoms with E-state index in [4.69, 9.17) is 0 Å². The average Bonchev–Trinajstić information content (AvgIpc) is 3.04. The Bertz CT molecular complexity index is 1040. The van der Waals surface area contributed by atoms with Gasteiger partial charge in [0.2, 0.25) is 0 Å². The van der Waals surface area contributed by atoms with Crippen molar-refractivity contribution in [3.63, 3.8) is 0 Å². The number of aromatic amines is 1. The van der Waals surface area contributed by atoms with Crippen molar-refractivity contribution in [2.75, 3.05) is 0 Å². The highest BCUT2D eigenvalue weighted by molar-refractivity contribution is 5.96. The Labute approximate surface area is 152 Å². The Kier molecular flexibility index (Phi) is 3.80. The number of carbonyl (C=O) groups is 1. The summed E-state index contributed by atoms with van der Waals surface area (Å²) < 4.78 is 52.3. The van der Waals surface area contributed by atoms with Crippen LogP contribution in [0.4, 0.5) is 17.6 Å². The molecule has 0 saturated heterocycles. The second-order valence-corrected chi connectivity index (χ2v) is 6.97. The molecule has 1 heterocycles. The minimum atomic E-state index is -4.86. The first-order valence-electron chi connectivity index (χ1n) is 8.48. The minimum Gasteiger partial charge on any atom is -0.361 e. The Balaban J connectivity index is 1.69. The molecule has 27 heavy (non-hydrogen) atoms. The van der Waals surface area contributed by atoms with Gasteiger partial charge in [-0.05, 0) is 48.2 Å². The second kappa shape index (κ2) is 5.84. The smallest absolute Gasteiger partial charge is 0.361 e. The second-order valence-electron chi connectivity index (χ2n) is 6.97. The van der Waals surface area contributed by atoms with Crippen LogP contribution in [0, 0.1) is 11.7 Å². The van der Waals surface area contributed by atoms with Crippen LogP contribution in [-0.4, -0.2) is 10.9 Å². The van der Waals surface area contributed by atoms with E-state index in [9.17, 15) is 22.4 Å². The zero-order valence-corrected chi connectivity index (χ0v) is 14.3. The summed E-state index contributed by atoms with van der Waals surface area (Å²) in [4.78, 5) is 15.8. The molecule has 0 spiro atoms. The summed E-state index contributed by atoms with van der Waals surface area (Å²) >= 11 is 0. The molecule has 1 aliphatic carbocycles. The quantitative estimate of drug-likeness (QED) is 0.622. The van der Waals surface area contributed by atoms with Gasteiger partial charge in [0.25, 0.3) is 5.91 Å². The van der Waals surface area contributed by atoms with E-state index in [1.807, 2.05) is 31.2 Å². The SMILES string of the molecule is CC1CC1(NC(=O)c1ccc(F)c(C(F)(F)F)c1)c1cccc2[nH]ccc12. The molecule has 7 heteroatoms. The normalized spacial score (nSPS) is 22.0. The summed E-state index contributed by atoms with van der Waals surface area (Å²) in [5.74, 6) is -1.92. The molecule has 1 amide bonds. The third kappa shape index (κ3) is 2.87. The maximum Gasteiger partial charge on any atom is 0.419 e. The molecule has 2 unspecified atom stereocenters. The Morgan fingerprint density at radius 1 is 1.22 bits per heavy atom. The maximum absolute atomic E-state index is 13.5. The van der Waals surface area contributed by atoms with Crippen LogP contribution in [0.5, 0.6) is 0 Å². The summed E-state index contributed by atoms with van der Waals surface area (Å²) in [6.07, 6.45) is -2.38. The molecule has 0 radical (unpaired) electrons. The number of hydrogen-bond acceptors (Lipinski definition) is 1. The number of hydrogen-bond donors (Lipinski definition) is 2. The number of amides is 1. The van der Waals surface area contributed by atoms with E-state index in [0.717, 1.165) is 22.5 Å². The molecule has 2 aromatic carbocycles. The van der Waals surface area contributed by atoms with Crippen molar-refractivity contribution in [2.24, 2.45) is 5.92 Å². The van der Waals surface area contributed by atoms with Crippen LogP contribution in [0.15, 0.2) is 48.7 Å². The van der Waals surface area contributed by atoms with E-state index < -0.39 is 29.0 Å². The van der Waals surface area contributed by atoms with Gasteiger partial charge in [-0.3, -0.25) is 4.79 Å². The summed E-state index contributed by atoms with van der Waals surface area (Å²) in [6.45, 7) is 1.97. The highest BCUT2D eigenvalue weighted by Gasteiger charge is 2.54. The lowest BCUT2D eigenvalue weighted by atomic mass is 9.97. The lowest BCUT2D eigenvalue weighted by Crippen LogP contribution is -2.36. The number of rotatable bonds is 3. The van der Waals surface area contributed by atoms with Gasteiger partial charge in [0.1, 0.15) is 5.82 Å². The van der Waals surface area contributed by atoms with Crippen molar-refractivity contribution < 1.29 is 22.4 Å². The van der Waals surface area contributed by atoms with Gasteiger partial charge in [-0.2, -0.15) is 13.2 Å². The summed E-state index contributed by atoms with van der Waals surface area (Å²) in [7, 11) is 0. The molecular formula is C20H16F4N2O. The molecule has 3 aromatic rings. The third-order valence-corrected chi connectivity index (χ3v) is 5.26. The van der Waals surface area contributed by atoms with Gasteiger partial charge in [0, 0.05) is 22.7 Å². The van der Waals surface area contributed by atoms with E-state index in [1.54, 1.807) is 6.20 Å². The first-order valence-corrected chi connectivity index (χ1v) is 8.48. The molecule has 1 aliphatic rings. The lowest BCUT2D eigenvalue weighted by molar-refractivity contribution is -0.140. The molecule has 1 aromatic heterocycles. The largest absolute Gasteiger partial charge is 0.419 e. The molecule has 2 N–H and O–H groups in total. The molecule has 1 fully saturated rings. The van der Waals surface area contributed by atoms with Gasteiger partial charge in [-0.1, -0.05) is 19.1 Å². The van der Waals surface area contributed by atoms with Crippen LogP contribution in [-0.2, 0) is 11.7 Å². The molecule has 0 aliphatic heterocycles. The summed E-state index contributed by atoms with van der Waals surface area (Å²) in [6, 6.07) is 9.90. The number of aromatic nitrogens is 1. The Morgan fingerprint density at radius 2 is 1.96 bits per heavy atom. The Hall–Kier alpha value is -2.83. The van der Waals surface area contributed by atoms with Crippen molar-refractivity contribution in [3.05, 3.63) is 71.2 Å². The van der Waals surface area contributed by atoms with E-state index in [1.165, 1.54) is 0 Å². The highest BCUT2D eigenvalue weighted by atomic mass is 19.4. The molecule has 2 atom stereocenters. The summed E-state index contributed by atoms with van der Waals surface area (Å²) in [5.41, 5.74) is -0.475. The van der Waals surface area contributed by atoms with Crippen LogP contribution in [0.1, 0.15) is 34.8 Å². The van der Waals surface area contributed by atoms with Crippen molar-refractivity contribution in [1.29, 1.82) is 0 Å². The van der Waals surface area contributed by atoms with Gasteiger partial charge >= 0.3 is 6.18 Å². The zero-order valence-electron chi connectivity index (χ0n) is 14.3. The van der Waals surface area contributed by atoms with Crippen molar-refractivity contribution in [1.82, 2.24) is 10.3 Å². The number of benzene rings is 2. The molecule has 0 bridgehead atoms. The molecule has 3 nitrogen and oxygen atoms in total. The Morgan fingerprint density at radius 3 is 2.63 bits per heavy atom. The number of halogens is 4. The van der Waals surface area contributed by atoms with E-state index in [0.29, 0.717) is 18.6 Å². The number of alkyl halides is 3.